The van der Waals surface area contributed by atoms with Gasteiger partial charge in [0, 0.05) is 0 Å². The van der Waals surface area contributed by atoms with E-state index in [0.29, 0.717) is 6.42 Å². The van der Waals surface area contributed by atoms with E-state index in [0.717, 1.165) is 28.9 Å². The minimum atomic E-state index is -0.596. The Morgan fingerprint density at radius 1 is 1.00 bits per heavy atom. The smallest absolute Gasteiger partial charge is 0.130 e. The number of carbonyl (C=O) groups is 1. The van der Waals surface area contributed by atoms with Crippen LogP contribution in [0.4, 0.5) is 0 Å². The molecule has 0 saturated heterocycles. The number of methoxy groups -OCH3 is 2. The molecule has 0 N–H and O–H groups in total. The lowest BCUT2D eigenvalue weighted by Crippen LogP contribution is -2.26. The van der Waals surface area contributed by atoms with Gasteiger partial charge in [-0.05, 0) is 48.7 Å². The average molecular weight is 284 g/mol. The van der Waals surface area contributed by atoms with E-state index >= 15 is 0 Å². The Bertz CT molecular complexity index is 621. The van der Waals surface area contributed by atoms with Gasteiger partial charge in [-0.15, -0.1) is 0 Å². The zero-order valence-electron chi connectivity index (χ0n) is 12.6. The third-order valence-corrected chi connectivity index (χ3v) is 3.69. The van der Waals surface area contributed by atoms with Crippen molar-refractivity contribution in [2.75, 3.05) is 14.2 Å². The van der Waals surface area contributed by atoms with Gasteiger partial charge in [0.25, 0.3) is 0 Å². The van der Waals surface area contributed by atoms with Crippen molar-refractivity contribution < 1.29 is 14.3 Å². The number of carbonyl (C=O) groups excluding carboxylic acids is 1. The zero-order valence-corrected chi connectivity index (χ0v) is 12.6. The molecule has 2 aromatic rings. The Kier molecular flexibility index (Phi) is 4.63. The van der Waals surface area contributed by atoms with Gasteiger partial charge >= 0.3 is 0 Å². The van der Waals surface area contributed by atoms with Crippen molar-refractivity contribution in [3.63, 3.8) is 0 Å². The summed E-state index contributed by atoms with van der Waals surface area (Å²) in [7, 11) is 3.26. The van der Waals surface area contributed by atoms with Gasteiger partial charge in [0.1, 0.15) is 17.8 Å². The van der Waals surface area contributed by atoms with Gasteiger partial charge in [-0.25, -0.2) is 0 Å². The molecule has 3 heteroatoms. The predicted molar refractivity (Wildman–Crippen MR) is 83.1 cm³/mol. The molecule has 0 heterocycles. The van der Waals surface area contributed by atoms with Crippen LogP contribution in [0.2, 0.25) is 0 Å². The molecule has 1 unspecified atom stereocenters. The molecule has 0 fully saturated rings. The molecule has 0 amide bonds. The van der Waals surface area contributed by atoms with Gasteiger partial charge in [0.15, 0.2) is 0 Å². The molecule has 0 aliphatic carbocycles. The SMILES string of the molecule is COc1cccc(CC(C)(C=O)c2cccc(OC)c2)c1. The second-order valence-corrected chi connectivity index (χ2v) is 5.30. The van der Waals surface area contributed by atoms with E-state index in [1.165, 1.54) is 0 Å². The van der Waals surface area contributed by atoms with Crippen LogP contribution in [-0.4, -0.2) is 20.5 Å². The van der Waals surface area contributed by atoms with Gasteiger partial charge < -0.3 is 14.3 Å². The first-order valence-corrected chi connectivity index (χ1v) is 6.85. The predicted octanol–water partition coefficient (Wildman–Crippen LogP) is 3.40. The summed E-state index contributed by atoms with van der Waals surface area (Å²) < 4.78 is 10.5. The number of hydrogen-bond acceptors (Lipinski definition) is 3. The van der Waals surface area contributed by atoms with E-state index in [-0.39, 0.29) is 0 Å². The number of benzene rings is 2. The van der Waals surface area contributed by atoms with Crippen molar-refractivity contribution in [3.8, 4) is 11.5 Å². The fraction of sp³-hybridized carbons (Fsp3) is 0.278. The van der Waals surface area contributed by atoms with Crippen LogP contribution < -0.4 is 9.47 Å². The maximum absolute atomic E-state index is 11.7. The van der Waals surface area contributed by atoms with Crippen LogP contribution in [0, 0.1) is 0 Å². The van der Waals surface area contributed by atoms with Gasteiger partial charge in [-0.1, -0.05) is 24.3 Å². The fourth-order valence-corrected chi connectivity index (χ4v) is 2.40. The highest BCUT2D eigenvalue weighted by atomic mass is 16.5. The Balaban J connectivity index is 2.33. The van der Waals surface area contributed by atoms with Crippen LogP contribution in [0.25, 0.3) is 0 Å². The van der Waals surface area contributed by atoms with Crippen molar-refractivity contribution in [1.29, 1.82) is 0 Å². The van der Waals surface area contributed by atoms with Gasteiger partial charge in [0.05, 0.1) is 19.6 Å². The lowest BCUT2D eigenvalue weighted by Gasteiger charge is -2.24. The van der Waals surface area contributed by atoms with Crippen LogP contribution in [-0.2, 0) is 16.6 Å². The van der Waals surface area contributed by atoms with E-state index in [1.54, 1.807) is 14.2 Å². The molecule has 2 rings (SSSR count). The topological polar surface area (TPSA) is 35.5 Å². The summed E-state index contributed by atoms with van der Waals surface area (Å²) in [5.74, 6) is 1.55. The van der Waals surface area contributed by atoms with Crippen molar-refractivity contribution >= 4 is 6.29 Å². The summed E-state index contributed by atoms with van der Waals surface area (Å²) >= 11 is 0. The molecule has 21 heavy (non-hydrogen) atoms. The van der Waals surface area contributed by atoms with Gasteiger partial charge in [-0.2, -0.15) is 0 Å². The summed E-state index contributed by atoms with van der Waals surface area (Å²) in [4.78, 5) is 11.7. The van der Waals surface area contributed by atoms with E-state index in [9.17, 15) is 4.79 Å². The van der Waals surface area contributed by atoms with Gasteiger partial charge in [0.2, 0.25) is 0 Å². The quantitative estimate of drug-likeness (QED) is 0.763. The van der Waals surface area contributed by atoms with Crippen LogP contribution in [0.15, 0.2) is 48.5 Å². The molecule has 0 saturated carbocycles. The molecule has 1 atom stereocenters. The lowest BCUT2D eigenvalue weighted by atomic mass is 9.78. The third-order valence-electron chi connectivity index (χ3n) is 3.69. The number of rotatable bonds is 6. The van der Waals surface area contributed by atoms with Crippen LogP contribution in [0.1, 0.15) is 18.1 Å². The molecular weight excluding hydrogens is 264 g/mol. The number of ether oxygens (including phenoxy) is 2. The van der Waals surface area contributed by atoms with Crippen LogP contribution in [0.3, 0.4) is 0 Å². The summed E-state index contributed by atoms with van der Waals surface area (Å²) in [6.07, 6.45) is 1.61. The zero-order chi connectivity index (χ0) is 15.3. The fourth-order valence-electron chi connectivity index (χ4n) is 2.40. The second kappa shape index (κ2) is 6.44. The Morgan fingerprint density at radius 3 is 2.24 bits per heavy atom. The molecule has 0 bridgehead atoms. The first-order valence-electron chi connectivity index (χ1n) is 6.85. The van der Waals surface area contributed by atoms with Crippen molar-refractivity contribution in [1.82, 2.24) is 0 Å². The maximum atomic E-state index is 11.7. The number of hydrogen-bond donors (Lipinski definition) is 0. The molecule has 0 aliphatic heterocycles. The van der Waals surface area contributed by atoms with E-state index in [2.05, 4.69) is 0 Å². The normalized spacial score (nSPS) is 13.3. The molecule has 0 aromatic heterocycles. The highest BCUT2D eigenvalue weighted by Gasteiger charge is 2.27. The highest BCUT2D eigenvalue weighted by molar-refractivity contribution is 5.69. The Hall–Kier alpha value is -2.29. The van der Waals surface area contributed by atoms with Gasteiger partial charge in [-0.3, -0.25) is 0 Å². The monoisotopic (exact) mass is 284 g/mol. The Labute approximate surface area is 125 Å². The lowest BCUT2D eigenvalue weighted by molar-refractivity contribution is -0.112. The summed E-state index contributed by atoms with van der Waals surface area (Å²) in [5.41, 5.74) is 1.41. The van der Waals surface area contributed by atoms with Crippen molar-refractivity contribution in [2.45, 2.75) is 18.8 Å². The minimum Gasteiger partial charge on any atom is -0.497 e. The molecule has 3 nitrogen and oxygen atoms in total. The standard InChI is InChI=1S/C18H20O3/c1-18(13-19,15-7-5-9-17(11-15)21-3)12-14-6-4-8-16(10-14)20-2/h4-11,13H,12H2,1-3H3. The maximum Gasteiger partial charge on any atom is 0.130 e. The summed E-state index contributed by atoms with van der Waals surface area (Å²) in [5, 5.41) is 0. The number of aldehydes is 1. The molecule has 0 aliphatic rings. The van der Waals surface area contributed by atoms with Crippen molar-refractivity contribution in [3.05, 3.63) is 59.7 Å². The largest absolute Gasteiger partial charge is 0.497 e. The molecule has 2 aromatic carbocycles. The summed E-state index contributed by atoms with van der Waals surface area (Å²) in [6, 6.07) is 15.4. The van der Waals surface area contributed by atoms with E-state index in [1.807, 2.05) is 55.5 Å². The third kappa shape index (κ3) is 3.43. The molecule has 110 valence electrons. The highest BCUT2D eigenvalue weighted by Crippen LogP contribution is 2.29. The van der Waals surface area contributed by atoms with Crippen LogP contribution in [0.5, 0.6) is 11.5 Å². The first-order chi connectivity index (χ1) is 10.1. The Morgan fingerprint density at radius 2 is 1.62 bits per heavy atom. The average Bonchev–Trinajstić information content (AvgIpc) is 2.55. The first kappa shape index (κ1) is 15.1. The summed E-state index contributed by atoms with van der Waals surface area (Å²) in [6.45, 7) is 1.94. The minimum absolute atomic E-state index is 0.596. The van der Waals surface area contributed by atoms with E-state index in [4.69, 9.17) is 9.47 Å². The van der Waals surface area contributed by atoms with Crippen molar-refractivity contribution in [2.24, 2.45) is 0 Å². The molecule has 0 radical (unpaired) electrons. The van der Waals surface area contributed by atoms with E-state index < -0.39 is 5.41 Å². The molecular formula is C18H20O3. The second-order valence-electron chi connectivity index (χ2n) is 5.30. The van der Waals surface area contributed by atoms with Crippen LogP contribution >= 0.6 is 0 Å². The molecule has 0 spiro atoms.